The van der Waals surface area contributed by atoms with E-state index in [1.807, 2.05) is 13.0 Å². The van der Waals surface area contributed by atoms with E-state index in [1.165, 1.54) is 38.5 Å². The van der Waals surface area contributed by atoms with Gasteiger partial charge < -0.3 is 10.4 Å². The van der Waals surface area contributed by atoms with E-state index in [9.17, 15) is 5.11 Å². The lowest BCUT2D eigenvalue weighted by Crippen LogP contribution is -2.19. The van der Waals surface area contributed by atoms with Crippen molar-refractivity contribution in [1.29, 1.82) is 0 Å². The number of aryl methyl sites for hydroxylation is 1. The number of hydrogen-bond acceptors (Lipinski definition) is 3. The Hall–Kier alpha value is -1.09. The van der Waals surface area contributed by atoms with Crippen molar-refractivity contribution in [3.05, 3.63) is 23.5 Å². The molecule has 3 heteroatoms. The average Bonchev–Trinajstić information content (AvgIpc) is 2.40. The predicted octanol–water partition coefficient (Wildman–Crippen LogP) is 3.16. The van der Waals surface area contributed by atoms with E-state index >= 15 is 0 Å². The van der Waals surface area contributed by atoms with Crippen LogP contribution in [0.5, 0.6) is 5.75 Å². The molecule has 0 atom stereocenters. The van der Waals surface area contributed by atoms with E-state index < -0.39 is 0 Å². The van der Waals surface area contributed by atoms with Gasteiger partial charge in [-0.1, -0.05) is 32.1 Å². The summed E-state index contributed by atoms with van der Waals surface area (Å²) in [6, 6.07) is 3.56. The first-order valence-corrected chi connectivity index (χ1v) is 7.12. The van der Waals surface area contributed by atoms with Gasteiger partial charge in [-0.2, -0.15) is 0 Å². The summed E-state index contributed by atoms with van der Waals surface area (Å²) in [6.07, 6.45) is 8.29. The first kappa shape index (κ1) is 13.3. The summed E-state index contributed by atoms with van der Waals surface area (Å²) in [4.78, 5) is 4.34. The molecule has 2 rings (SSSR count). The monoisotopic (exact) mass is 248 g/mol. The van der Waals surface area contributed by atoms with Gasteiger partial charge in [-0.15, -0.1) is 0 Å². The van der Waals surface area contributed by atoms with Crippen LogP contribution in [0.2, 0.25) is 0 Å². The summed E-state index contributed by atoms with van der Waals surface area (Å²) >= 11 is 0. The Balaban J connectivity index is 1.69. The van der Waals surface area contributed by atoms with Gasteiger partial charge in [0.05, 0.1) is 5.69 Å². The molecule has 1 aromatic rings. The minimum absolute atomic E-state index is 0.297. The van der Waals surface area contributed by atoms with E-state index in [1.54, 1.807) is 6.07 Å². The topological polar surface area (TPSA) is 45.1 Å². The molecule has 1 fully saturated rings. The van der Waals surface area contributed by atoms with Gasteiger partial charge in [0.15, 0.2) is 0 Å². The number of nitrogens with zero attached hydrogens (tertiary/aromatic N) is 1. The minimum Gasteiger partial charge on any atom is -0.506 e. The van der Waals surface area contributed by atoms with Crippen molar-refractivity contribution in [1.82, 2.24) is 10.3 Å². The molecule has 1 aliphatic rings. The second-order valence-corrected chi connectivity index (χ2v) is 5.39. The third kappa shape index (κ3) is 3.98. The van der Waals surface area contributed by atoms with Crippen molar-refractivity contribution >= 4 is 0 Å². The van der Waals surface area contributed by atoms with Gasteiger partial charge in [-0.3, -0.25) is 4.98 Å². The van der Waals surface area contributed by atoms with Crippen molar-refractivity contribution in [3.63, 3.8) is 0 Å². The Labute approximate surface area is 110 Å². The number of hydrogen-bond donors (Lipinski definition) is 2. The SMILES string of the molecule is Cc1ccc(O)c(CNCCC2CCCCC2)n1. The highest BCUT2D eigenvalue weighted by Crippen LogP contribution is 2.25. The molecule has 0 amide bonds. The fourth-order valence-electron chi connectivity index (χ4n) is 2.72. The van der Waals surface area contributed by atoms with Crippen LogP contribution in [0.1, 0.15) is 49.9 Å². The largest absolute Gasteiger partial charge is 0.506 e. The Morgan fingerprint density at radius 2 is 2.06 bits per heavy atom. The number of aromatic nitrogens is 1. The number of nitrogens with one attached hydrogen (secondary N) is 1. The van der Waals surface area contributed by atoms with Crippen molar-refractivity contribution in [3.8, 4) is 5.75 Å². The zero-order chi connectivity index (χ0) is 12.8. The Kier molecular flexibility index (Phi) is 5.00. The molecule has 0 unspecified atom stereocenters. The summed E-state index contributed by atoms with van der Waals surface area (Å²) in [7, 11) is 0. The number of rotatable bonds is 5. The maximum absolute atomic E-state index is 9.68. The molecule has 1 heterocycles. The lowest BCUT2D eigenvalue weighted by Gasteiger charge is -2.21. The van der Waals surface area contributed by atoms with Crippen molar-refractivity contribution in [2.75, 3.05) is 6.54 Å². The summed E-state index contributed by atoms with van der Waals surface area (Å²) in [5.74, 6) is 1.20. The number of aromatic hydroxyl groups is 1. The first-order chi connectivity index (χ1) is 8.75. The third-order valence-electron chi connectivity index (χ3n) is 3.84. The van der Waals surface area contributed by atoms with Crippen LogP contribution in [-0.2, 0) is 6.54 Å². The molecule has 0 aromatic carbocycles. The molecule has 100 valence electrons. The highest BCUT2D eigenvalue weighted by atomic mass is 16.3. The summed E-state index contributed by atoms with van der Waals surface area (Å²) < 4.78 is 0. The van der Waals surface area contributed by atoms with E-state index in [0.29, 0.717) is 12.3 Å². The van der Waals surface area contributed by atoms with Crippen molar-refractivity contribution < 1.29 is 5.11 Å². The van der Waals surface area contributed by atoms with Crippen LogP contribution >= 0.6 is 0 Å². The van der Waals surface area contributed by atoms with E-state index in [-0.39, 0.29) is 0 Å². The Morgan fingerprint density at radius 3 is 2.83 bits per heavy atom. The molecule has 18 heavy (non-hydrogen) atoms. The zero-order valence-electron chi connectivity index (χ0n) is 11.3. The van der Waals surface area contributed by atoms with Crippen LogP contribution in [0.25, 0.3) is 0 Å². The van der Waals surface area contributed by atoms with Crippen LogP contribution in [0.15, 0.2) is 12.1 Å². The van der Waals surface area contributed by atoms with E-state index in [0.717, 1.165) is 23.9 Å². The van der Waals surface area contributed by atoms with Crippen molar-refractivity contribution in [2.24, 2.45) is 5.92 Å². The molecule has 1 aliphatic carbocycles. The molecule has 3 nitrogen and oxygen atoms in total. The third-order valence-corrected chi connectivity index (χ3v) is 3.84. The average molecular weight is 248 g/mol. The van der Waals surface area contributed by atoms with Gasteiger partial charge in [0.2, 0.25) is 0 Å². The van der Waals surface area contributed by atoms with Crippen LogP contribution < -0.4 is 5.32 Å². The predicted molar refractivity (Wildman–Crippen MR) is 73.5 cm³/mol. The molecule has 0 spiro atoms. The lowest BCUT2D eigenvalue weighted by molar-refractivity contribution is 0.333. The fraction of sp³-hybridized carbons (Fsp3) is 0.667. The highest BCUT2D eigenvalue weighted by molar-refractivity contribution is 5.27. The molecular formula is C15H24N2O. The smallest absolute Gasteiger partial charge is 0.138 e. The first-order valence-electron chi connectivity index (χ1n) is 7.12. The van der Waals surface area contributed by atoms with Crippen LogP contribution in [0.3, 0.4) is 0 Å². The quantitative estimate of drug-likeness (QED) is 0.787. The molecular weight excluding hydrogens is 224 g/mol. The minimum atomic E-state index is 0.297. The molecule has 0 saturated heterocycles. The molecule has 0 radical (unpaired) electrons. The zero-order valence-corrected chi connectivity index (χ0v) is 11.3. The normalized spacial score (nSPS) is 16.9. The fourth-order valence-corrected chi connectivity index (χ4v) is 2.72. The van der Waals surface area contributed by atoms with Gasteiger partial charge in [-0.05, 0) is 37.9 Å². The Bertz CT molecular complexity index is 373. The maximum Gasteiger partial charge on any atom is 0.138 e. The molecule has 0 bridgehead atoms. The standard InChI is InChI=1S/C15H24N2O/c1-12-7-8-15(18)14(17-12)11-16-10-9-13-5-3-2-4-6-13/h7-8,13,16,18H,2-6,9-11H2,1H3. The van der Waals surface area contributed by atoms with E-state index in [2.05, 4.69) is 10.3 Å². The second kappa shape index (κ2) is 6.74. The highest BCUT2D eigenvalue weighted by Gasteiger charge is 2.12. The lowest BCUT2D eigenvalue weighted by atomic mass is 9.87. The second-order valence-electron chi connectivity index (χ2n) is 5.39. The van der Waals surface area contributed by atoms with Gasteiger partial charge in [-0.25, -0.2) is 0 Å². The van der Waals surface area contributed by atoms with Gasteiger partial charge in [0.25, 0.3) is 0 Å². The van der Waals surface area contributed by atoms with Gasteiger partial charge >= 0.3 is 0 Å². The summed E-state index contributed by atoms with van der Waals surface area (Å²) in [5, 5.41) is 13.1. The van der Waals surface area contributed by atoms with Crippen LogP contribution in [-0.4, -0.2) is 16.6 Å². The maximum atomic E-state index is 9.68. The van der Waals surface area contributed by atoms with Crippen LogP contribution in [0, 0.1) is 12.8 Å². The molecule has 0 aliphatic heterocycles. The Morgan fingerprint density at radius 1 is 1.28 bits per heavy atom. The summed E-state index contributed by atoms with van der Waals surface area (Å²) in [6.45, 7) is 3.64. The van der Waals surface area contributed by atoms with E-state index in [4.69, 9.17) is 0 Å². The summed E-state index contributed by atoms with van der Waals surface area (Å²) in [5.41, 5.74) is 1.72. The van der Waals surface area contributed by atoms with Gasteiger partial charge in [0.1, 0.15) is 5.75 Å². The van der Waals surface area contributed by atoms with Gasteiger partial charge in [0, 0.05) is 12.2 Å². The molecule has 1 saturated carbocycles. The van der Waals surface area contributed by atoms with Crippen molar-refractivity contribution in [2.45, 2.75) is 52.0 Å². The molecule has 2 N–H and O–H groups in total. The number of pyridine rings is 1. The molecule has 1 aromatic heterocycles. The van der Waals surface area contributed by atoms with Crippen LogP contribution in [0.4, 0.5) is 0 Å².